The summed E-state index contributed by atoms with van der Waals surface area (Å²) < 4.78 is 35.9. The summed E-state index contributed by atoms with van der Waals surface area (Å²) in [7, 11) is -4.31. The third-order valence-corrected chi connectivity index (χ3v) is 3.44. The van der Waals surface area contributed by atoms with Gasteiger partial charge in [0.15, 0.2) is 0 Å². The SMILES string of the molecule is O=C(Nc1cccc(S(=O)(=O)O)c1)OCc1ccccc1. The van der Waals surface area contributed by atoms with Gasteiger partial charge in [0.1, 0.15) is 6.61 Å². The molecule has 0 spiro atoms. The predicted molar refractivity (Wildman–Crippen MR) is 76.5 cm³/mol. The van der Waals surface area contributed by atoms with E-state index >= 15 is 0 Å². The fourth-order valence-electron chi connectivity index (χ4n) is 1.61. The number of hydrogen-bond acceptors (Lipinski definition) is 4. The molecule has 110 valence electrons. The van der Waals surface area contributed by atoms with Crippen molar-refractivity contribution in [2.45, 2.75) is 11.5 Å². The largest absolute Gasteiger partial charge is 0.444 e. The quantitative estimate of drug-likeness (QED) is 0.847. The second-order valence-electron chi connectivity index (χ2n) is 4.19. The molecule has 2 rings (SSSR count). The summed E-state index contributed by atoms with van der Waals surface area (Å²) in [4.78, 5) is 11.3. The van der Waals surface area contributed by atoms with Crippen LogP contribution in [0.2, 0.25) is 0 Å². The Kier molecular flexibility index (Phi) is 4.56. The first kappa shape index (κ1) is 15.0. The number of amides is 1. The van der Waals surface area contributed by atoms with Crippen LogP contribution in [0.25, 0.3) is 0 Å². The van der Waals surface area contributed by atoms with Crippen molar-refractivity contribution in [1.29, 1.82) is 0 Å². The van der Waals surface area contributed by atoms with Crippen LogP contribution in [0, 0.1) is 0 Å². The molecular formula is C14H13NO5S. The Morgan fingerprint density at radius 1 is 1.10 bits per heavy atom. The predicted octanol–water partition coefficient (Wildman–Crippen LogP) is 2.68. The molecular weight excluding hydrogens is 294 g/mol. The van der Waals surface area contributed by atoms with Crippen LogP contribution >= 0.6 is 0 Å². The summed E-state index contributed by atoms with van der Waals surface area (Å²) in [5.41, 5.74) is 1.04. The van der Waals surface area contributed by atoms with Crippen molar-refractivity contribution < 1.29 is 22.5 Å². The van der Waals surface area contributed by atoms with Gasteiger partial charge < -0.3 is 4.74 Å². The number of hydrogen-bond donors (Lipinski definition) is 2. The van der Waals surface area contributed by atoms with Gasteiger partial charge in [-0.2, -0.15) is 8.42 Å². The first-order valence-corrected chi connectivity index (χ1v) is 7.44. The van der Waals surface area contributed by atoms with Crippen LogP contribution in [0.5, 0.6) is 0 Å². The average Bonchev–Trinajstić information content (AvgIpc) is 2.46. The Bertz CT molecular complexity index is 728. The van der Waals surface area contributed by atoms with Gasteiger partial charge in [0, 0.05) is 5.69 Å². The zero-order chi connectivity index (χ0) is 15.3. The van der Waals surface area contributed by atoms with Crippen molar-refractivity contribution in [3.8, 4) is 0 Å². The van der Waals surface area contributed by atoms with Crippen LogP contribution in [-0.4, -0.2) is 19.1 Å². The molecule has 0 saturated heterocycles. The molecule has 0 saturated carbocycles. The number of ether oxygens (including phenoxy) is 1. The third kappa shape index (κ3) is 4.59. The standard InChI is InChI=1S/C14H13NO5S/c16-14(20-10-11-5-2-1-3-6-11)15-12-7-4-8-13(9-12)21(17,18)19/h1-9H,10H2,(H,15,16)(H,17,18,19). The zero-order valence-corrected chi connectivity index (χ0v) is 11.7. The lowest BCUT2D eigenvalue weighted by Gasteiger charge is -2.07. The Labute approximate surface area is 122 Å². The Morgan fingerprint density at radius 3 is 2.48 bits per heavy atom. The van der Waals surface area contributed by atoms with Gasteiger partial charge in [-0.05, 0) is 23.8 Å². The van der Waals surface area contributed by atoms with E-state index in [1.54, 1.807) is 0 Å². The normalized spacial score (nSPS) is 10.9. The van der Waals surface area contributed by atoms with E-state index in [4.69, 9.17) is 9.29 Å². The van der Waals surface area contributed by atoms with Crippen LogP contribution in [0.3, 0.4) is 0 Å². The Balaban J connectivity index is 1.97. The van der Waals surface area contributed by atoms with Crippen LogP contribution < -0.4 is 5.32 Å². The van der Waals surface area contributed by atoms with Gasteiger partial charge in [-0.3, -0.25) is 9.87 Å². The summed E-state index contributed by atoms with van der Waals surface area (Å²) in [6.07, 6.45) is -0.716. The highest BCUT2D eigenvalue weighted by Gasteiger charge is 2.11. The second kappa shape index (κ2) is 6.38. The number of benzene rings is 2. The van der Waals surface area contributed by atoms with Crippen LogP contribution in [0.1, 0.15) is 5.56 Å². The molecule has 0 aliphatic heterocycles. The molecule has 0 radical (unpaired) electrons. The van der Waals surface area contributed by atoms with E-state index < -0.39 is 16.2 Å². The highest BCUT2D eigenvalue weighted by molar-refractivity contribution is 7.85. The summed E-state index contributed by atoms with van der Waals surface area (Å²) in [6.45, 7) is 0.102. The molecule has 7 heteroatoms. The van der Waals surface area contributed by atoms with E-state index in [1.807, 2.05) is 30.3 Å². The molecule has 0 heterocycles. The molecule has 0 aliphatic carbocycles. The minimum Gasteiger partial charge on any atom is -0.444 e. The zero-order valence-electron chi connectivity index (χ0n) is 10.9. The lowest BCUT2D eigenvalue weighted by atomic mass is 10.2. The van der Waals surface area contributed by atoms with Crippen molar-refractivity contribution in [3.05, 3.63) is 60.2 Å². The highest BCUT2D eigenvalue weighted by atomic mass is 32.2. The molecule has 2 aromatic carbocycles. The molecule has 6 nitrogen and oxygen atoms in total. The van der Waals surface area contributed by atoms with Gasteiger partial charge in [-0.1, -0.05) is 36.4 Å². The van der Waals surface area contributed by atoms with Gasteiger partial charge in [-0.15, -0.1) is 0 Å². The van der Waals surface area contributed by atoms with Crippen LogP contribution in [-0.2, 0) is 21.5 Å². The van der Waals surface area contributed by atoms with E-state index in [-0.39, 0.29) is 17.2 Å². The minimum atomic E-state index is -4.31. The molecule has 0 aliphatic rings. The first-order chi connectivity index (χ1) is 9.95. The van der Waals surface area contributed by atoms with Crippen molar-refractivity contribution in [2.75, 3.05) is 5.32 Å². The molecule has 2 N–H and O–H groups in total. The van der Waals surface area contributed by atoms with E-state index in [0.29, 0.717) is 0 Å². The summed E-state index contributed by atoms with van der Waals surface area (Å²) >= 11 is 0. The molecule has 0 aromatic heterocycles. The lowest BCUT2D eigenvalue weighted by Crippen LogP contribution is -2.13. The fourth-order valence-corrected chi connectivity index (χ4v) is 2.14. The van der Waals surface area contributed by atoms with Crippen molar-refractivity contribution in [2.24, 2.45) is 0 Å². The van der Waals surface area contributed by atoms with E-state index in [1.165, 1.54) is 18.2 Å². The maximum Gasteiger partial charge on any atom is 0.411 e. The van der Waals surface area contributed by atoms with E-state index in [0.717, 1.165) is 11.6 Å². The number of carbonyl (C=O) groups excluding carboxylic acids is 1. The van der Waals surface area contributed by atoms with Crippen molar-refractivity contribution in [3.63, 3.8) is 0 Å². The van der Waals surface area contributed by atoms with E-state index in [9.17, 15) is 13.2 Å². The van der Waals surface area contributed by atoms with Gasteiger partial charge in [0.05, 0.1) is 4.90 Å². The van der Waals surface area contributed by atoms with E-state index in [2.05, 4.69) is 5.32 Å². The highest BCUT2D eigenvalue weighted by Crippen LogP contribution is 2.15. The van der Waals surface area contributed by atoms with Gasteiger partial charge >= 0.3 is 6.09 Å². The smallest absolute Gasteiger partial charge is 0.411 e. The summed E-state index contributed by atoms with van der Waals surface area (Å²) in [5, 5.41) is 2.39. The van der Waals surface area contributed by atoms with Crippen LogP contribution in [0.15, 0.2) is 59.5 Å². The minimum absolute atomic E-state index is 0.102. The maximum absolute atomic E-state index is 11.6. The third-order valence-electron chi connectivity index (χ3n) is 2.59. The van der Waals surface area contributed by atoms with Gasteiger partial charge in [-0.25, -0.2) is 4.79 Å². The molecule has 0 fully saturated rings. The number of carbonyl (C=O) groups is 1. The molecule has 1 amide bonds. The molecule has 2 aromatic rings. The first-order valence-electron chi connectivity index (χ1n) is 6.00. The number of anilines is 1. The number of nitrogens with one attached hydrogen (secondary N) is 1. The summed E-state index contributed by atoms with van der Waals surface area (Å²) in [6, 6.07) is 14.4. The van der Waals surface area contributed by atoms with Gasteiger partial charge in [0.25, 0.3) is 10.1 Å². The second-order valence-corrected chi connectivity index (χ2v) is 5.61. The summed E-state index contributed by atoms with van der Waals surface area (Å²) in [5.74, 6) is 0. The molecule has 21 heavy (non-hydrogen) atoms. The van der Waals surface area contributed by atoms with Crippen molar-refractivity contribution >= 4 is 21.9 Å². The topological polar surface area (TPSA) is 92.7 Å². The molecule has 0 unspecified atom stereocenters. The lowest BCUT2D eigenvalue weighted by molar-refractivity contribution is 0.155. The molecule has 0 bridgehead atoms. The monoisotopic (exact) mass is 307 g/mol. The maximum atomic E-state index is 11.6. The Hall–Kier alpha value is -2.38. The van der Waals surface area contributed by atoms with Crippen LogP contribution in [0.4, 0.5) is 10.5 Å². The van der Waals surface area contributed by atoms with Gasteiger partial charge in [0.2, 0.25) is 0 Å². The Morgan fingerprint density at radius 2 is 1.81 bits per heavy atom. The molecule has 0 atom stereocenters. The number of rotatable bonds is 4. The van der Waals surface area contributed by atoms with Crippen molar-refractivity contribution in [1.82, 2.24) is 0 Å². The fraction of sp³-hybridized carbons (Fsp3) is 0.0714. The average molecular weight is 307 g/mol.